The van der Waals surface area contributed by atoms with Crippen molar-refractivity contribution in [2.24, 2.45) is 9.98 Å². The van der Waals surface area contributed by atoms with Gasteiger partial charge in [0.15, 0.2) is 5.17 Å². The third kappa shape index (κ3) is 5.33. The number of carbonyl (C=O) groups excluding carboxylic acids is 2. The molecular formula is C29H23ClN6O4S. The Morgan fingerprint density at radius 3 is 2.73 bits per heavy atom. The Kier molecular flexibility index (Phi) is 7.29. The summed E-state index contributed by atoms with van der Waals surface area (Å²) < 4.78 is 6.75. The van der Waals surface area contributed by atoms with Crippen LogP contribution in [-0.4, -0.2) is 50.3 Å². The van der Waals surface area contributed by atoms with E-state index in [9.17, 15) is 14.4 Å². The fourth-order valence-electron chi connectivity index (χ4n) is 4.73. The molecule has 0 aliphatic carbocycles. The van der Waals surface area contributed by atoms with Crippen LogP contribution in [0, 0.1) is 0 Å². The number of aliphatic imine (C=N–C) groups is 2. The van der Waals surface area contributed by atoms with Gasteiger partial charge in [0.2, 0.25) is 5.91 Å². The third-order valence-corrected chi connectivity index (χ3v) is 7.89. The second kappa shape index (κ2) is 11.2. The molecular weight excluding hydrogens is 564 g/mol. The normalized spacial score (nSPS) is 15.7. The van der Waals surface area contributed by atoms with Gasteiger partial charge in [-0.15, -0.1) is 0 Å². The highest BCUT2D eigenvalue weighted by molar-refractivity contribution is 8.13. The molecule has 4 heterocycles. The van der Waals surface area contributed by atoms with Gasteiger partial charge in [-0.1, -0.05) is 53.7 Å². The van der Waals surface area contributed by atoms with Crippen LogP contribution in [0.5, 0.6) is 5.75 Å². The molecule has 6 rings (SSSR count). The Labute approximate surface area is 243 Å². The minimum Gasteiger partial charge on any atom is -0.496 e. The monoisotopic (exact) mass is 586 g/mol. The second-order valence-electron chi connectivity index (χ2n) is 9.31. The van der Waals surface area contributed by atoms with Gasteiger partial charge < -0.3 is 10.1 Å². The number of amidine groups is 2. The average Bonchev–Trinajstić information content (AvgIpc) is 3.31. The van der Waals surface area contributed by atoms with Crippen molar-refractivity contribution in [3.8, 4) is 5.75 Å². The van der Waals surface area contributed by atoms with E-state index in [1.54, 1.807) is 24.1 Å². The number of amides is 2. The molecule has 2 aliphatic rings. The third-order valence-electron chi connectivity index (χ3n) is 6.68. The number of hydrogen-bond acceptors (Lipinski definition) is 8. The van der Waals surface area contributed by atoms with Gasteiger partial charge in [0, 0.05) is 35.7 Å². The predicted octanol–water partition coefficient (Wildman–Crippen LogP) is 3.95. The number of benzene rings is 2. The summed E-state index contributed by atoms with van der Waals surface area (Å²) in [4.78, 5) is 54.3. The first-order valence-corrected chi connectivity index (χ1v) is 14.1. The molecule has 0 radical (unpaired) electrons. The molecule has 0 fully saturated rings. The molecule has 12 heteroatoms. The van der Waals surface area contributed by atoms with Crippen LogP contribution in [0.4, 0.5) is 5.69 Å². The van der Waals surface area contributed by atoms with Crippen molar-refractivity contribution in [3.63, 3.8) is 0 Å². The lowest BCUT2D eigenvalue weighted by molar-refractivity contribution is -0.126. The topological polar surface area (TPSA) is 118 Å². The Hall–Kier alpha value is -4.48. The van der Waals surface area contributed by atoms with E-state index in [4.69, 9.17) is 21.3 Å². The number of fused-ring (bicyclic) bond motifs is 4. The first-order valence-electron chi connectivity index (χ1n) is 12.7. The molecule has 1 atom stereocenters. The minimum atomic E-state index is -0.861. The van der Waals surface area contributed by atoms with Crippen LogP contribution in [0.15, 0.2) is 87.7 Å². The number of ether oxygens (including phenoxy) is 1. The van der Waals surface area contributed by atoms with E-state index in [0.29, 0.717) is 50.1 Å². The van der Waals surface area contributed by atoms with Crippen molar-refractivity contribution in [3.05, 3.63) is 105 Å². The Morgan fingerprint density at radius 1 is 1.07 bits per heavy atom. The van der Waals surface area contributed by atoms with Crippen molar-refractivity contribution in [2.45, 2.75) is 24.8 Å². The summed E-state index contributed by atoms with van der Waals surface area (Å²) in [6, 6.07) is 18.7. The van der Waals surface area contributed by atoms with Gasteiger partial charge in [0.25, 0.3) is 11.5 Å². The van der Waals surface area contributed by atoms with Crippen LogP contribution in [0.25, 0.3) is 5.65 Å². The zero-order valence-corrected chi connectivity index (χ0v) is 23.4. The van der Waals surface area contributed by atoms with Crippen molar-refractivity contribution in [2.75, 3.05) is 7.11 Å². The van der Waals surface area contributed by atoms with Crippen molar-refractivity contribution in [1.82, 2.24) is 19.6 Å². The quantitative estimate of drug-likeness (QED) is 0.348. The predicted molar refractivity (Wildman–Crippen MR) is 158 cm³/mol. The summed E-state index contributed by atoms with van der Waals surface area (Å²) in [5.74, 6) is 0.693. The van der Waals surface area contributed by atoms with E-state index < -0.39 is 11.9 Å². The maximum Gasteiger partial charge on any atom is 0.271 e. The van der Waals surface area contributed by atoms with Crippen LogP contribution in [0.2, 0.25) is 5.02 Å². The number of thioether (sulfide) groups is 1. The molecule has 2 aliphatic heterocycles. The van der Waals surface area contributed by atoms with E-state index in [2.05, 4.69) is 15.3 Å². The maximum atomic E-state index is 13.1. The zero-order chi connectivity index (χ0) is 28.5. The summed E-state index contributed by atoms with van der Waals surface area (Å²) in [6.07, 6.45) is 1.41. The first kappa shape index (κ1) is 26.7. The Morgan fingerprint density at radius 2 is 1.88 bits per heavy atom. The summed E-state index contributed by atoms with van der Waals surface area (Å²) >= 11 is 7.34. The van der Waals surface area contributed by atoms with Gasteiger partial charge in [0.05, 0.1) is 29.9 Å². The van der Waals surface area contributed by atoms with Gasteiger partial charge in [-0.25, -0.2) is 9.98 Å². The fraction of sp³-hybridized carbons (Fsp3) is 0.172. The van der Waals surface area contributed by atoms with Crippen molar-refractivity contribution in [1.29, 1.82) is 0 Å². The van der Waals surface area contributed by atoms with E-state index in [-0.39, 0.29) is 24.4 Å². The van der Waals surface area contributed by atoms with E-state index in [1.807, 2.05) is 48.5 Å². The molecule has 206 valence electrons. The van der Waals surface area contributed by atoms with E-state index in [1.165, 1.54) is 28.4 Å². The summed E-state index contributed by atoms with van der Waals surface area (Å²) in [5, 5.41) is 3.81. The molecule has 2 amide bonds. The molecule has 10 nitrogen and oxygen atoms in total. The minimum absolute atomic E-state index is 0.112. The number of halogens is 1. The summed E-state index contributed by atoms with van der Waals surface area (Å²) in [6.45, 7) is 0.254. The van der Waals surface area contributed by atoms with Crippen molar-refractivity contribution >= 4 is 57.5 Å². The lowest BCUT2D eigenvalue weighted by Gasteiger charge is -2.30. The molecule has 1 N–H and O–H groups in total. The number of carbonyl (C=O) groups is 2. The molecule has 0 spiro atoms. The SMILES string of the molecule is COc1ccccc1CNC(=O)CC1C(=O)N=C2c3ccccc3N=C(SCc3cc(=O)n4cc(Cl)ccc4n3)N21. The van der Waals surface area contributed by atoms with Crippen LogP contribution in [-0.2, 0) is 21.9 Å². The molecule has 1 unspecified atom stereocenters. The summed E-state index contributed by atoms with van der Waals surface area (Å²) in [7, 11) is 1.57. The van der Waals surface area contributed by atoms with Crippen LogP contribution in [0.3, 0.4) is 0 Å². The van der Waals surface area contributed by atoms with E-state index in [0.717, 1.165) is 5.56 Å². The highest BCUT2D eigenvalue weighted by atomic mass is 35.5. The van der Waals surface area contributed by atoms with Crippen LogP contribution in [0.1, 0.15) is 23.2 Å². The average molecular weight is 587 g/mol. The number of pyridine rings is 1. The molecule has 41 heavy (non-hydrogen) atoms. The molecule has 0 saturated heterocycles. The number of para-hydroxylation sites is 2. The number of rotatable bonds is 7. The molecule has 4 aromatic rings. The Bertz CT molecular complexity index is 1820. The van der Waals surface area contributed by atoms with Gasteiger partial charge >= 0.3 is 0 Å². The largest absolute Gasteiger partial charge is 0.496 e. The highest BCUT2D eigenvalue weighted by Crippen LogP contribution is 2.35. The molecule has 2 aromatic heterocycles. The molecule has 0 bridgehead atoms. The highest BCUT2D eigenvalue weighted by Gasteiger charge is 2.42. The lowest BCUT2D eigenvalue weighted by atomic mass is 10.1. The number of hydrogen-bond donors (Lipinski definition) is 1. The summed E-state index contributed by atoms with van der Waals surface area (Å²) in [5.41, 5.74) is 2.95. The van der Waals surface area contributed by atoms with Gasteiger partial charge in [-0.3, -0.25) is 23.7 Å². The number of methoxy groups -OCH3 is 1. The lowest BCUT2D eigenvalue weighted by Crippen LogP contribution is -2.45. The van der Waals surface area contributed by atoms with Crippen LogP contribution < -0.4 is 15.6 Å². The molecule has 2 aromatic carbocycles. The number of nitrogens with one attached hydrogen (secondary N) is 1. The number of nitrogens with zero attached hydrogens (tertiary/aromatic N) is 5. The Balaban J connectivity index is 1.24. The zero-order valence-electron chi connectivity index (χ0n) is 21.8. The second-order valence-corrected chi connectivity index (χ2v) is 10.7. The fourth-order valence-corrected chi connectivity index (χ4v) is 5.83. The van der Waals surface area contributed by atoms with Gasteiger partial charge in [-0.05, 0) is 30.3 Å². The van der Waals surface area contributed by atoms with Crippen LogP contribution >= 0.6 is 23.4 Å². The van der Waals surface area contributed by atoms with Gasteiger partial charge in [0.1, 0.15) is 23.3 Å². The van der Waals surface area contributed by atoms with E-state index >= 15 is 0 Å². The van der Waals surface area contributed by atoms with Crippen molar-refractivity contribution < 1.29 is 14.3 Å². The van der Waals surface area contributed by atoms with Gasteiger partial charge in [-0.2, -0.15) is 4.99 Å². The standard InChI is InChI=1S/C29H23ClN6O4S/c1-40-23-9-5-2-6-17(23)14-31-25(37)13-22-28(39)34-27-20-7-3-4-8-21(20)33-29(36(22)27)41-16-19-12-26(38)35-15-18(30)10-11-24(35)32-19/h2-12,15,22H,13-14,16H2,1H3,(H,31,37). The maximum absolute atomic E-state index is 13.1. The smallest absolute Gasteiger partial charge is 0.271 e. The molecule has 0 saturated carbocycles. The number of aromatic nitrogens is 2. The first-order chi connectivity index (χ1) is 19.9.